The van der Waals surface area contributed by atoms with Gasteiger partial charge in [-0.05, 0) is 31.9 Å². The Morgan fingerprint density at radius 1 is 1.35 bits per heavy atom. The monoisotopic (exact) mass is 322 g/mol. The number of ether oxygens (including phenoxy) is 2. The second-order valence-corrected chi connectivity index (χ2v) is 5.69. The number of rotatable bonds is 6. The molecule has 1 fully saturated rings. The molecule has 0 unspecified atom stereocenters. The third-order valence-corrected chi connectivity index (χ3v) is 3.99. The van der Waals surface area contributed by atoms with Crippen LogP contribution in [0.4, 0.5) is 5.69 Å². The van der Waals surface area contributed by atoms with Gasteiger partial charge in [0.1, 0.15) is 5.75 Å². The Morgan fingerprint density at radius 3 is 2.65 bits per heavy atom. The first-order chi connectivity index (χ1) is 11.0. The summed E-state index contributed by atoms with van der Waals surface area (Å²) in [5.74, 6) is 0.174. The van der Waals surface area contributed by atoms with E-state index in [9.17, 15) is 14.9 Å². The third-order valence-electron chi connectivity index (χ3n) is 3.99. The molecule has 1 aliphatic carbocycles. The molecule has 7 heteroatoms. The van der Waals surface area contributed by atoms with Crippen LogP contribution in [0.3, 0.4) is 0 Å². The zero-order chi connectivity index (χ0) is 16.8. The highest BCUT2D eigenvalue weighted by molar-refractivity contribution is 5.81. The summed E-state index contributed by atoms with van der Waals surface area (Å²) in [4.78, 5) is 22.8. The van der Waals surface area contributed by atoms with Crippen LogP contribution in [-0.2, 0) is 4.79 Å². The predicted octanol–water partition coefficient (Wildman–Crippen LogP) is 2.82. The van der Waals surface area contributed by atoms with E-state index < -0.39 is 11.0 Å². The molecule has 0 aromatic heterocycles. The molecule has 1 aromatic carbocycles. The van der Waals surface area contributed by atoms with Gasteiger partial charge in [-0.2, -0.15) is 0 Å². The number of nitrogens with one attached hydrogen (secondary N) is 1. The van der Waals surface area contributed by atoms with Crippen molar-refractivity contribution in [3.63, 3.8) is 0 Å². The molecule has 0 spiro atoms. The van der Waals surface area contributed by atoms with Crippen LogP contribution in [0, 0.1) is 10.1 Å². The number of amides is 1. The van der Waals surface area contributed by atoms with E-state index in [-0.39, 0.29) is 23.4 Å². The molecule has 2 rings (SSSR count). The number of hydrogen-bond donors (Lipinski definition) is 1. The van der Waals surface area contributed by atoms with Crippen LogP contribution >= 0.6 is 0 Å². The molecule has 0 bridgehead atoms. The summed E-state index contributed by atoms with van der Waals surface area (Å²) in [6.45, 7) is 1.59. The molecular weight excluding hydrogens is 300 g/mol. The number of nitrogens with zero attached hydrogens (tertiary/aromatic N) is 1. The zero-order valence-electron chi connectivity index (χ0n) is 13.4. The van der Waals surface area contributed by atoms with Crippen molar-refractivity contribution in [1.82, 2.24) is 5.32 Å². The van der Waals surface area contributed by atoms with Gasteiger partial charge in [-0.15, -0.1) is 0 Å². The third kappa shape index (κ3) is 4.58. The maximum absolute atomic E-state index is 12.2. The molecule has 7 nitrogen and oxygen atoms in total. The number of carbonyl (C=O) groups is 1. The van der Waals surface area contributed by atoms with Crippen molar-refractivity contribution < 1.29 is 19.2 Å². The van der Waals surface area contributed by atoms with Gasteiger partial charge in [0.25, 0.3) is 5.91 Å². The number of hydrogen-bond acceptors (Lipinski definition) is 5. The normalized spacial score (nSPS) is 16.4. The van der Waals surface area contributed by atoms with Gasteiger partial charge in [0.15, 0.2) is 11.9 Å². The van der Waals surface area contributed by atoms with Crippen molar-refractivity contribution in [3.8, 4) is 11.5 Å². The van der Waals surface area contributed by atoms with Crippen molar-refractivity contribution in [3.05, 3.63) is 28.3 Å². The Morgan fingerprint density at radius 2 is 2.04 bits per heavy atom. The van der Waals surface area contributed by atoms with Crippen LogP contribution in [-0.4, -0.2) is 30.1 Å². The lowest BCUT2D eigenvalue weighted by atomic mass is 9.95. The van der Waals surface area contributed by atoms with E-state index in [1.165, 1.54) is 25.7 Å². The van der Waals surface area contributed by atoms with Crippen molar-refractivity contribution >= 4 is 11.6 Å². The second-order valence-electron chi connectivity index (χ2n) is 5.69. The van der Waals surface area contributed by atoms with Gasteiger partial charge >= 0.3 is 5.69 Å². The average Bonchev–Trinajstić information content (AvgIpc) is 2.55. The fourth-order valence-electron chi connectivity index (χ4n) is 2.68. The second kappa shape index (κ2) is 7.80. The van der Waals surface area contributed by atoms with E-state index in [1.807, 2.05) is 0 Å². The highest BCUT2D eigenvalue weighted by Gasteiger charge is 2.24. The molecule has 1 aliphatic rings. The molecule has 23 heavy (non-hydrogen) atoms. The first kappa shape index (κ1) is 17.1. The zero-order valence-corrected chi connectivity index (χ0v) is 13.4. The highest BCUT2D eigenvalue weighted by atomic mass is 16.6. The van der Waals surface area contributed by atoms with Crippen LogP contribution in [0.25, 0.3) is 0 Å². The summed E-state index contributed by atoms with van der Waals surface area (Å²) in [5, 5.41) is 14.1. The summed E-state index contributed by atoms with van der Waals surface area (Å²) in [6, 6.07) is 4.46. The molecule has 1 atom stereocenters. The fraction of sp³-hybridized carbons (Fsp3) is 0.562. The Hall–Kier alpha value is -2.31. The molecule has 0 heterocycles. The minimum atomic E-state index is -0.802. The minimum absolute atomic E-state index is 0.0575. The van der Waals surface area contributed by atoms with Crippen LogP contribution in [0.1, 0.15) is 39.0 Å². The van der Waals surface area contributed by atoms with E-state index in [4.69, 9.17) is 9.47 Å². The summed E-state index contributed by atoms with van der Waals surface area (Å²) in [7, 11) is 1.43. The summed E-state index contributed by atoms with van der Waals surface area (Å²) >= 11 is 0. The fourth-order valence-corrected chi connectivity index (χ4v) is 2.68. The Labute approximate surface area is 135 Å². The van der Waals surface area contributed by atoms with Crippen molar-refractivity contribution in [2.45, 2.75) is 51.2 Å². The number of carbonyl (C=O) groups excluding carboxylic acids is 1. The highest BCUT2D eigenvalue weighted by Crippen LogP contribution is 2.31. The van der Waals surface area contributed by atoms with E-state index in [0.717, 1.165) is 25.7 Å². The molecule has 0 aliphatic heterocycles. The van der Waals surface area contributed by atoms with Gasteiger partial charge in [-0.1, -0.05) is 19.3 Å². The van der Waals surface area contributed by atoms with Gasteiger partial charge in [0, 0.05) is 6.04 Å². The van der Waals surface area contributed by atoms with Gasteiger partial charge in [0.05, 0.1) is 18.1 Å². The lowest BCUT2D eigenvalue weighted by molar-refractivity contribution is -0.386. The number of benzene rings is 1. The first-order valence-corrected chi connectivity index (χ1v) is 7.80. The molecule has 0 saturated heterocycles. The summed E-state index contributed by atoms with van der Waals surface area (Å²) < 4.78 is 10.5. The average molecular weight is 322 g/mol. The van der Waals surface area contributed by atoms with Crippen LogP contribution in [0.5, 0.6) is 11.5 Å². The van der Waals surface area contributed by atoms with Gasteiger partial charge in [-0.3, -0.25) is 14.9 Å². The van der Waals surface area contributed by atoms with E-state index >= 15 is 0 Å². The lowest BCUT2D eigenvalue weighted by Crippen LogP contribution is -2.43. The summed E-state index contributed by atoms with van der Waals surface area (Å²) in [5.41, 5.74) is -0.221. The van der Waals surface area contributed by atoms with E-state index in [0.29, 0.717) is 5.75 Å². The molecule has 126 valence electrons. The maximum Gasteiger partial charge on any atom is 0.314 e. The standard InChI is InChI=1S/C16H22N2O5/c1-11(16(19)17-12-6-4-3-5-7-12)23-15-9-8-13(22-2)10-14(15)18(20)21/h8-12H,3-7H2,1-2H3,(H,17,19)/t11-/m0/s1. The first-order valence-electron chi connectivity index (χ1n) is 7.80. The Kier molecular flexibility index (Phi) is 5.78. The van der Waals surface area contributed by atoms with E-state index in [1.54, 1.807) is 13.0 Å². The Bertz CT molecular complexity index is 570. The topological polar surface area (TPSA) is 90.7 Å². The minimum Gasteiger partial charge on any atom is -0.496 e. The number of nitro benzene ring substituents is 1. The number of nitro groups is 1. The molecular formula is C16H22N2O5. The van der Waals surface area contributed by atoms with Crippen LogP contribution in [0.15, 0.2) is 18.2 Å². The maximum atomic E-state index is 12.2. The van der Waals surface area contributed by atoms with Crippen LogP contribution < -0.4 is 14.8 Å². The van der Waals surface area contributed by atoms with Gasteiger partial charge in [-0.25, -0.2) is 0 Å². The molecule has 1 aromatic rings. The molecule has 1 N–H and O–H groups in total. The van der Waals surface area contributed by atoms with Crippen molar-refractivity contribution in [1.29, 1.82) is 0 Å². The van der Waals surface area contributed by atoms with E-state index in [2.05, 4.69) is 5.32 Å². The molecule has 0 radical (unpaired) electrons. The Balaban J connectivity index is 2.02. The lowest BCUT2D eigenvalue weighted by Gasteiger charge is -2.24. The molecule has 1 amide bonds. The summed E-state index contributed by atoms with van der Waals surface area (Å²) in [6.07, 6.45) is 4.58. The smallest absolute Gasteiger partial charge is 0.314 e. The van der Waals surface area contributed by atoms with Crippen molar-refractivity contribution in [2.75, 3.05) is 7.11 Å². The molecule has 1 saturated carbocycles. The largest absolute Gasteiger partial charge is 0.496 e. The predicted molar refractivity (Wildman–Crippen MR) is 84.8 cm³/mol. The van der Waals surface area contributed by atoms with Crippen molar-refractivity contribution in [2.24, 2.45) is 0 Å². The number of methoxy groups -OCH3 is 1. The van der Waals surface area contributed by atoms with Gasteiger partial charge in [0.2, 0.25) is 0 Å². The van der Waals surface area contributed by atoms with Crippen LogP contribution in [0.2, 0.25) is 0 Å². The van der Waals surface area contributed by atoms with Gasteiger partial charge < -0.3 is 14.8 Å². The quantitative estimate of drug-likeness (QED) is 0.642. The SMILES string of the molecule is COc1ccc(O[C@@H](C)C(=O)NC2CCCCC2)c([N+](=O)[O-])c1.